The third-order valence-electron chi connectivity index (χ3n) is 2.07. The van der Waals surface area contributed by atoms with Gasteiger partial charge in [0.25, 0.3) is 0 Å². The van der Waals surface area contributed by atoms with Crippen molar-refractivity contribution in [2.75, 3.05) is 0 Å². The maximum absolute atomic E-state index is 4.35. The second-order valence-electron chi connectivity index (χ2n) is 3.29. The van der Waals surface area contributed by atoms with Gasteiger partial charge in [-0.2, -0.15) is 0 Å². The zero-order chi connectivity index (χ0) is 7.72. The van der Waals surface area contributed by atoms with Crippen molar-refractivity contribution < 1.29 is 0 Å². The third-order valence-corrected chi connectivity index (χ3v) is 2.07. The minimum Gasteiger partial charge on any atom is -0.265 e. The number of hydrogen-bond acceptors (Lipinski definition) is 1. The lowest BCUT2D eigenvalue weighted by Crippen LogP contribution is -1.95. The Hall–Kier alpha value is -0.590. The fourth-order valence-electron chi connectivity index (χ4n) is 1.24. The lowest BCUT2D eigenvalue weighted by molar-refractivity contribution is 0.742. The molecule has 1 aliphatic heterocycles. The predicted molar refractivity (Wildman–Crippen MR) is 45.2 cm³/mol. The molecule has 0 aromatic carbocycles. The molecular formula is C9H15N. The smallest absolute Gasteiger partial charge is 0.0420 e. The summed E-state index contributed by atoms with van der Waals surface area (Å²) in [5.41, 5.74) is 2.72. The summed E-state index contributed by atoms with van der Waals surface area (Å²) >= 11 is 0. The van der Waals surface area contributed by atoms with Crippen molar-refractivity contribution in [1.29, 1.82) is 0 Å². The van der Waals surface area contributed by atoms with Gasteiger partial charge in [0.05, 0.1) is 0 Å². The van der Waals surface area contributed by atoms with E-state index in [9.17, 15) is 0 Å². The van der Waals surface area contributed by atoms with Crippen LogP contribution in [0.5, 0.6) is 0 Å². The van der Waals surface area contributed by atoms with Crippen molar-refractivity contribution >= 4 is 6.21 Å². The molecule has 1 nitrogen and oxygen atoms in total. The number of rotatable bonds is 1. The van der Waals surface area contributed by atoms with Crippen LogP contribution in [0.15, 0.2) is 16.3 Å². The van der Waals surface area contributed by atoms with Crippen LogP contribution >= 0.6 is 0 Å². The van der Waals surface area contributed by atoms with Crippen molar-refractivity contribution in [1.82, 2.24) is 0 Å². The first-order valence-electron chi connectivity index (χ1n) is 3.87. The van der Waals surface area contributed by atoms with Gasteiger partial charge in [0.1, 0.15) is 0 Å². The fourth-order valence-corrected chi connectivity index (χ4v) is 1.24. The Morgan fingerprint density at radius 2 is 2.10 bits per heavy atom. The Labute approximate surface area is 62.9 Å². The van der Waals surface area contributed by atoms with E-state index >= 15 is 0 Å². The molecule has 0 aliphatic carbocycles. The molecular weight excluding hydrogens is 122 g/mol. The fraction of sp³-hybridized carbons (Fsp3) is 0.667. The molecule has 1 heteroatoms. The first-order valence-corrected chi connectivity index (χ1v) is 3.87. The number of allylic oxidation sites excluding steroid dienone is 2. The van der Waals surface area contributed by atoms with Gasteiger partial charge in [-0.3, -0.25) is 4.99 Å². The summed E-state index contributed by atoms with van der Waals surface area (Å²) < 4.78 is 0. The van der Waals surface area contributed by atoms with E-state index < -0.39 is 0 Å². The van der Waals surface area contributed by atoms with Crippen LogP contribution in [0.25, 0.3) is 0 Å². The lowest BCUT2D eigenvalue weighted by Gasteiger charge is -2.05. The number of nitrogens with zero attached hydrogens (tertiary/aromatic N) is 1. The second kappa shape index (κ2) is 2.57. The highest BCUT2D eigenvalue weighted by atomic mass is 14.8. The molecule has 0 saturated heterocycles. The average molecular weight is 137 g/mol. The van der Waals surface area contributed by atoms with E-state index in [1.165, 1.54) is 11.3 Å². The van der Waals surface area contributed by atoms with E-state index in [4.69, 9.17) is 0 Å². The highest BCUT2D eigenvalue weighted by molar-refractivity contribution is 5.70. The Bertz CT molecular complexity index is 187. The number of hydrogen-bond donors (Lipinski definition) is 0. The van der Waals surface area contributed by atoms with Crippen LogP contribution in [-0.2, 0) is 0 Å². The van der Waals surface area contributed by atoms with Gasteiger partial charge in [-0.1, -0.05) is 20.8 Å². The zero-order valence-corrected chi connectivity index (χ0v) is 7.18. The standard InChI is InChI=1S/C9H15N/c1-6(2)9-8(4)7(3)5-10-9/h5-7H,1-4H3. The minimum atomic E-state index is 0.567. The summed E-state index contributed by atoms with van der Waals surface area (Å²) in [6.07, 6.45) is 2.03. The summed E-state index contributed by atoms with van der Waals surface area (Å²) in [4.78, 5) is 4.35. The largest absolute Gasteiger partial charge is 0.265 e. The Kier molecular flexibility index (Phi) is 1.93. The van der Waals surface area contributed by atoms with Crippen LogP contribution in [0.3, 0.4) is 0 Å². The molecule has 1 aliphatic rings. The van der Waals surface area contributed by atoms with Crippen molar-refractivity contribution in [2.24, 2.45) is 16.8 Å². The van der Waals surface area contributed by atoms with Crippen molar-refractivity contribution in [3.8, 4) is 0 Å². The topological polar surface area (TPSA) is 12.4 Å². The predicted octanol–water partition coefficient (Wildman–Crippen LogP) is 2.64. The van der Waals surface area contributed by atoms with E-state index in [0.717, 1.165) is 0 Å². The maximum Gasteiger partial charge on any atom is 0.0420 e. The van der Waals surface area contributed by atoms with Crippen molar-refractivity contribution in [3.05, 3.63) is 11.3 Å². The molecule has 1 heterocycles. The Morgan fingerprint density at radius 3 is 2.30 bits per heavy atom. The first-order chi connectivity index (χ1) is 4.63. The van der Waals surface area contributed by atoms with Crippen molar-refractivity contribution in [3.63, 3.8) is 0 Å². The lowest BCUT2D eigenvalue weighted by atomic mass is 10.0. The van der Waals surface area contributed by atoms with Crippen LogP contribution in [0, 0.1) is 11.8 Å². The maximum atomic E-state index is 4.35. The molecule has 0 N–H and O–H groups in total. The van der Waals surface area contributed by atoms with E-state index in [1.54, 1.807) is 0 Å². The molecule has 1 atom stereocenters. The summed E-state index contributed by atoms with van der Waals surface area (Å²) in [6, 6.07) is 0. The molecule has 1 unspecified atom stereocenters. The molecule has 0 saturated carbocycles. The summed E-state index contributed by atoms with van der Waals surface area (Å²) in [6.45, 7) is 8.74. The average Bonchev–Trinajstić information content (AvgIpc) is 2.14. The molecule has 0 amide bonds. The van der Waals surface area contributed by atoms with Crippen molar-refractivity contribution in [2.45, 2.75) is 27.7 Å². The molecule has 10 heavy (non-hydrogen) atoms. The third kappa shape index (κ3) is 1.13. The van der Waals surface area contributed by atoms with Gasteiger partial charge < -0.3 is 0 Å². The van der Waals surface area contributed by atoms with Crippen LogP contribution < -0.4 is 0 Å². The van der Waals surface area contributed by atoms with Gasteiger partial charge in [0, 0.05) is 17.8 Å². The SMILES string of the molecule is CC1=C(C(C)C)N=CC1C. The summed E-state index contributed by atoms with van der Waals surface area (Å²) in [5.74, 6) is 1.15. The van der Waals surface area contributed by atoms with Gasteiger partial charge in [-0.25, -0.2) is 0 Å². The highest BCUT2D eigenvalue weighted by Crippen LogP contribution is 2.25. The monoisotopic (exact) mass is 137 g/mol. The molecule has 0 radical (unpaired) electrons. The van der Waals surface area contributed by atoms with E-state index in [0.29, 0.717) is 11.8 Å². The Morgan fingerprint density at radius 1 is 1.50 bits per heavy atom. The van der Waals surface area contributed by atoms with Gasteiger partial charge in [-0.15, -0.1) is 0 Å². The van der Waals surface area contributed by atoms with Crippen LogP contribution in [0.1, 0.15) is 27.7 Å². The summed E-state index contributed by atoms with van der Waals surface area (Å²) in [5, 5.41) is 0. The Balaban J connectivity index is 2.85. The van der Waals surface area contributed by atoms with Crippen LogP contribution in [0.4, 0.5) is 0 Å². The molecule has 0 aromatic rings. The molecule has 0 spiro atoms. The van der Waals surface area contributed by atoms with Gasteiger partial charge in [0.2, 0.25) is 0 Å². The minimum absolute atomic E-state index is 0.567. The highest BCUT2D eigenvalue weighted by Gasteiger charge is 2.15. The van der Waals surface area contributed by atoms with Gasteiger partial charge in [0.15, 0.2) is 0 Å². The zero-order valence-electron chi connectivity index (χ0n) is 7.18. The van der Waals surface area contributed by atoms with E-state index in [-0.39, 0.29) is 0 Å². The quantitative estimate of drug-likeness (QED) is 0.527. The van der Waals surface area contributed by atoms with E-state index in [1.807, 2.05) is 6.21 Å². The van der Waals surface area contributed by atoms with Crippen LogP contribution in [0.2, 0.25) is 0 Å². The number of aliphatic imine (C=N–C) groups is 1. The van der Waals surface area contributed by atoms with Crippen LogP contribution in [-0.4, -0.2) is 6.21 Å². The molecule has 0 bridgehead atoms. The normalized spacial score (nSPS) is 25.1. The summed E-state index contributed by atoms with van der Waals surface area (Å²) in [7, 11) is 0. The molecule has 56 valence electrons. The van der Waals surface area contributed by atoms with Gasteiger partial charge in [-0.05, 0) is 18.4 Å². The van der Waals surface area contributed by atoms with Gasteiger partial charge >= 0.3 is 0 Å². The molecule has 0 fully saturated rings. The molecule has 1 rings (SSSR count). The van der Waals surface area contributed by atoms with E-state index in [2.05, 4.69) is 32.7 Å². The first kappa shape index (κ1) is 7.52. The molecule has 0 aromatic heterocycles. The second-order valence-corrected chi connectivity index (χ2v) is 3.29.